The predicted molar refractivity (Wildman–Crippen MR) is 243 cm³/mol. The second-order valence-electron chi connectivity index (χ2n) is 17.5. The van der Waals surface area contributed by atoms with Gasteiger partial charge in [-0.1, -0.05) is 147 Å². The molecule has 310 valence electrons. The Morgan fingerprint density at radius 1 is 0.391 bits per heavy atom. The molecular formula is C56H36F4N2O2. The molecule has 0 aromatic heterocycles. The minimum Gasteiger partial charge on any atom is -0.310 e. The predicted octanol–water partition coefficient (Wildman–Crippen LogP) is 13.6. The summed E-state index contributed by atoms with van der Waals surface area (Å²) < 4.78 is 59.2. The van der Waals surface area contributed by atoms with E-state index < -0.39 is 29.1 Å². The van der Waals surface area contributed by atoms with Gasteiger partial charge >= 0.3 is 23.7 Å². The first-order valence-electron chi connectivity index (χ1n) is 21.2. The second-order valence-corrected chi connectivity index (χ2v) is 17.5. The summed E-state index contributed by atoms with van der Waals surface area (Å²) in [5, 5.41) is 0. The van der Waals surface area contributed by atoms with Crippen LogP contribution in [0.5, 0.6) is 0 Å². The highest BCUT2D eigenvalue weighted by Gasteiger charge is 2.76. The van der Waals surface area contributed by atoms with E-state index >= 15 is 0 Å². The molecule has 8 heteroatoms. The van der Waals surface area contributed by atoms with Gasteiger partial charge in [0.15, 0.2) is 0 Å². The lowest BCUT2D eigenvalue weighted by Gasteiger charge is -2.33. The van der Waals surface area contributed by atoms with Gasteiger partial charge in [0, 0.05) is 22.5 Å². The summed E-state index contributed by atoms with van der Waals surface area (Å²) in [6, 6.07) is 60.5. The van der Waals surface area contributed by atoms with Crippen LogP contribution in [0.25, 0.3) is 44.5 Å². The van der Waals surface area contributed by atoms with Crippen LogP contribution >= 0.6 is 0 Å². The third kappa shape index (κ3) is 4.82. The van der Waals surface area contributed by atoms with Crippen LogP contribution in [0.2, 0.25) is 0 Å². The average Bonchev–Trinajstić information content (AvgIpc) is 3.90. The van der Waals surface area contributed by atoms with Crippen LogP contribution in [0, 0.1) is 0 Å². The van der Waals surface area contributed by atoms with Crippen molar-refractivity contribution in [3.05, 3.63) is 215 Å². The van der Waals surface area contributed by atoms with E-state index in [2.05, 4.69) is 116 Å². The van der Waals surface area contributed by atoms with Crippen molar-refractivity contribution in [3.8, 4) is 44.5 Å². The van der Waals surface area contributed by atoms with Gasteiger partial charge < -0.3 is 4.90 Å². The minimum absolute atomic E-state index is 0.0520. The molecule has 1 spiro atoms. The van der Waals surface area contributed by atoms with Gasteiger partial charge in [-0.3, -0.25) is 9.59 Å². The summed E-state index contributed by atoms with van der Waals surface area (Å²) in [4.78, 5) is 28.2. The number of hydrogen-bond donors (Lipinski definition) is 0. The van der Waals surface area contributed by atoms with Crippen molar-refractivity contribution in [1.82, 2.24) is 0 Å². The lowest BCUT2D eigenvalue weighted by Crippen LogP contribution is -2.43. The van der Waals surface area contributed by atoms with Gasteiger partial charge in [-0.05, 0) is 126 Å². The van der Waals surface area contributed by atoms with Crippen molar-refractivity contribution in [1.29, 1.82) is 0 Å². The number of imide groups is 1. The van der Waals surface area contributed by atoms with Crippen molar-refractivity contribution in [2.75, 3.05) is 9.80 Å². The van der Waals surface area contributed by atoms with E-state index in [9.17, 15) is 27.2 Å². The quantitative estimate of drug-likeness (QED) is 0.128. The van der Waals surface area contributed by atoms with E-state index in [-0.39, 0.29) is 16.0 Å². The lowest BCUT2D eigenvalue weighted by atomic mass is 9.70. The van der Waals surface area contributed by atoms with Gasteiger partial charge in [0.25, 0.3) is 0 Å². The molecule has 12 rings (SSSR count). The number of anilines is 4. The zero-order chi connectivity index (χ0) is 43.9. The third-order valence-corrected chi connectivity index (χ3v) is 14.0. The summed E-state index contributed by atoms with van der Waals surface area (Å²) in [6.45, 7) is 4.51. The molecule has 0 bridgehead atoms. The van der Waals surface area contributed by atoms with Crippen molar-refractivity contribution in [3.63, 3.8) is 0 Å². The van der Waals surface area contributed by atoms with Crippen LogP contribution in [0.3, 0.4) is 0 Å². The Morgan fingerprint density at radius 3 is 1.38 bits per heavy atom. The smallest absolute Gasteiger partial charge is 0.310 e. The Morgan fingerprint density at radius 2 is 0.797 bits per heavy atom. The summed E-state index contributed by atoms with van der Waals surface area (Å²) in [6.07, 6.45) is 0. The fourth-order valence-corrected chi connectivity index (χ4v) is 11.0. The van der Waals surface area contributed by atoms with Crippen LogP contribution in [0.1, 0.15) is 47.2 Å². The molecule has 8 aromatic rings. The summed E-state index contributed by atoms with van der Waals surface area (Å²) >= 11 is 0. The number of nitrogens with zero attached hydrogens (tertiary/aromatic N) is 2. The molecular weight excluding hydrogens is 809 g/mol. The van der Waals surface area contributed by atoms with Crippen LogP contribution in [-0.4, -0.2) is 23.7 Å². The first-order chi connectivity index (χ1) is 30.8. The number of rotatable bonds is 5. The highest BCUT2D eigenvalue weighted by atomic mass is 19.3. The number of alkyl halides is 4. The summed E-state index contributed by atoms with van der Waals surface area (Å²) in [5.74, 6) is -14.9. The van der Waals surface area contributed by atoms with Crippen LogP contribution < -0.4 is 9.80 Å². The Labute approximate surface area is 366 Å². The van der Waals surface area contributed by atoms with Gasteiger partial charge in [-0.2, -0.15) is 17.6 Å². The molecule has 0 N–H and O–H groups in total. The van der Waals surface area contributed by atoms with Gasteiger partial charge in [-0.25, -0.2) is 4.90 Å². The third-order valence-electron chi connectivity index (χ3n) is 14.0. The maximum atomic E-state index is 14.8. The van der Waals surface area contributed by atoms with Crippen LogP contribution in [-0.2, 0) is 20.4 Å². The first kappa shape index (κ1) is 38.1. The van der Waals surface area contributed by atoms with Gasteiger partial charge in [-0.15, -0.1) is 0 Å². The van der Waals surface area contributed by atoms with Crippen LogP contribution in [0.4, 0.5) is 40.3 Å². The molecule has 1 heterocycles. The second kappa shape index (κ2) is 13.0. The van der Waals surface area contributed by atoms with E-state index in [1.807, 2.05) is 66.7 Å². The molecule has 0 radical (unpaired) electrons. The molecule has 1 atom stereocenters. The molecule has 1 unspecified atom stereocenters. The molecule has 3 aliphatic carbocycles. The lowest BCUT2D eigenvalue weighted by molar-refractivity contribution is -0.192. The molecule has 64 heavy (non-hydrogen) atoms. The van der Waals surface area contributed by atoms with Gasteiger partial charge in [0.2, 0.25) is 0 Å². The zero-order valence-corrected chi connectivity index (χ0v) is 34.5. The highest BCUT2D eigenvalue weighted by molar-refractivity contribution is 6.27. The number of carbonyl (C=O) groups excluding carboxylic acids is 2. The molecule has 2 amide bonds. The molecule has 1 saturated heterocycles. The number of amides is 2. The Bertz CT molecular complexity index is 3280. The fraction of sp³-hybridized carbons (Fsp3) is 0.107. The van der Waals surface area contributed by atoms with Crippen molar-refractivity contribution < 1.29 is 27.2 Å². The maximum absolute atomic E-state index is 14.8. The largest absolute Gasteiger partial charge is 0.396 e. The van der Waals surface area contributed by atoms with Crippen molar-refractivity contribution in [2.45, 2.75) is 36.5 Å². The maximum Gasteiger partial charge on any atom is 0.396 e. The number of halogens is 4. The van der Waals surface area contributed by atoms with E-state index in [0.717, 1.165) is 67.1 Å². The Hall–Kier alpha value is -7.58. The Kier molecular flexibility index (Phi) is 7.74. The minimum atomic E-state index is -5.19. The van der Waals surface area contributed by atoms with E-state index in [0.29, 0.717) is 5.56 Å². The molecule has 1 fully saturated rings. The van der Waals surface area contributed by atoms with Gasteiger partial charge in [0.1, 0.15) is 0 Å². The fourth-order valence-electron chi connectivity index (χ4n) is 11.0. The van der Waals surface area contributed by atoms with Crippen molar-refractivity contribution in [2.24, 2.45) is 0 Å². The molecule has 0 saturated carbocycles. The van der Waals surface area contributed by atoms with Gasteiger partial charge in [0.05, 0.1) is 11.1 Å². The van der Waals surface area contributed by atoms with E-state index in [1.54, 1.807) is 6.07 Å². The molecule has 8 aromatic carbocycles. The molecule has 4 nitrogen and oxygen atoms in total. The van der Waals surface area contributed by atoms with E-state index in [1.165, 1.54) is 34.4 Å². The molecule has 4 aliphatic rings. The summed E-state index contributed by atoms with van der Waals surface area (Å²) in [5.41, 5.74) is 14.8. The SMILES string of the molecule is CC1(C)c2ccccc2-c2ccc(N(c3ccc(-c4ccccc4)cc3)c3ccc4c(c3)C3(c5ccccc5-c5ccc(N6C(=O)C(F)(F)C(F)(F)C6=O)cc53)c3ccccc3-4)cc21. The van der Waals surface area contributed by atoms with E-state index in [4.69, 9.17) is 0 Å². The number of benzene rings is 8. The van der Waals surface area contributed by atoms with Crippen molar-refractivity contribution >= 4 is 34.6 Å². The van der Waals surface area contributed by atoms with Crippen LogP contribution in [0.15, 0.2) is 182 Å². The standard InChI is InChI=1S/C56H36F4N2O2/c1-53(2)45-17-9-6-14-39(45)42-27-24-36(30-48(42)53)61(35-22-20-34(21-23-35)33-12-4-3-5-13-33)37-25-28-43-40-15-7-10-18-46(40)54(49(43)31-37)47-19-11-8-16-41(47)44-29-26-38(32-50(44)54)62-51(63)55(57,58)56(59,60)52(62)64/h3-32H,1-2H3. The summed E-state index contributed by atoms with van der Waals surface area (Å²) in [7, 11) is 0. The Balaban J connectivity index is 1.09. The average molecular weight is 845 g/mol. The monoisotopic (exact) mass is 844 g/mol. The molecule has 1 aliphatic heterocycles. The zero-order valence-electron chi connectivity index (χ0n) is 34.5. The topological polar surface area (TPSA) is 40.6 Å². The normalized spacial score (nSPS) is 18.6. The number of hydrogen-bond acceptors (Lipinski definition) is 3. The highest BCUT2D eigenvalue weighted by Crippen LogP contribution is 2.64. The number of fused-ring (bicyclic) bond motifs is 13. The number of carbonyl (C=O) groups is 2. The first-order valence-corrected chi connectivity index (χ1v) is 21.2.